The summed E-state index contributed by atoms with van der Waals surface area (Å²) in [4.78, 5) is 4.84. The molecule has 118 valence electrons. The number of rotatable bonds is 5. The van der Waals surface area contributed by atoms with E-state index in [1.807, 2.05) is 12.1 Å². The highest BCUT2D eigenvalue weighted by Crippen LogP contribution is 2.48. The summed E-state index contributed by atoms with van der Waals surface area (Å²) in [7, 11) is 0. The van der Waals surface area contributed by atoms with Crippen LogP contribution in [0.4, 0.5) is 0 Å². The van der Waals surface area contributed by atoms with Crippen LogP contribution in [-0.4, -0.2) is 25.1 Å². The molecule has 0 spiro atoms. The maximum atomic E-state index is 6.14. The number of guanidine groups is 1. The second-order valence-electron chi connectivity index (χ2n) is 6.27. The van der Waals surface area contributed by atoms with Crippen molar-refractivity contribution in [1.29, 1.82) is 0 Å². The Kier molecular flexibility index (Phi) is 4.72. The molecule has 0 atom stereocenters. The molecule has 0 aromatic heterocycles. The van der Waals surface area contributed by atoms with Gasteiger partial charge in [0.25, 0.3) is 0 Å². The molecule has 1 saturated carbocycles. The maximum Gasteiger partial charge on any atom is 0.191 e. The molecule has 0 aliphatic heterocycles. The fourth-order valence-electron chi connectivity index (χ4n) is 2.99. The van der Waals surface area contributed by atoms with E-state index in [-0.39, 0.29) is 5.41 Å². The third-order valence-corrected chi connectivity index (χ3v) is 4.76. The number of nitrogens with one attached hydrogen (secondary N) is 2. The van der Waals surface area contributed by atoms with E-state index in [0.717, 1.165) is 36.9 Å². The molecule has 0 heterocycles. The summed E-state index contributed by atoms with van der Waals surface area (Å²) < 4.78 is 0. The van der Waals surface area contributed by atoms with Gasteiger partial charge in [0, 0.05) is 23.0 Å². The minimum absolute atomic E-state index is 0.196. The van der Waals surface area contributed by atoms with Crippen molar-refractivity contribution in [3.63, 3.8) is 0 Å². The molecular formula is C18H24ClN3. The Labute approximate surface area is 137 Å². The lowest BCUT2D eigenvalue weighted by Crippen LogP contribution is -2.42. The van der Waals surface area contributed by atoms with E-state index in [4.69, 9.17) is 16.6 Å². The molecule has 0 saturated heterocycles. The van der Waals surface area contributed by atoms with Gasteiger partial charge in [-0.3, -0.25) is 4.99 Å². The molecule has 0 amide bonds. The first-order valence-corrected chi connectivity index (χ1v) is 8.55. The predicted octanol–water partition coefficient (Wildman–Crippen LogP) is 3.65. The second kappa shape index (κ2) is 6.74. The van der Waals surface area contributed by atoms with Crippen LogP contribution >= 0.6 is 11.6 Å². The molecule has 3 nitrogen and oxygen atoms in total. The molecule has 2 N–H and O–H groups in total. The lowest BCUT2D eigenvalue weighted by Gasteiger charge is -2.19. The summed E-state index contributed by atoms with van der Waals surface area (Å²) in [6.07, 6.45) is 9.03. The molecule has 22 heavy (non-hydrogen) atoms. The van der Waals surface area contributed by atoms with Crippen LogP contribution in [0.5, 0.6) is 0 Å². The summed E-state index contributed by atoms with van der Waals surface area (Å²) in [5.74, 6) is 0.935. The van der Waals surface area contributed by atoms with Crippen LogP contribution in [0, 0.1) is 0 Å². The first kappa shape index (κ1) is 15.4. The number of nitrogens with zero attached hydrogens (tertiary/aromatic N) is 1. The Morgan fingerprint density at radius 1 is 1.32 bits per heavy atom. The predicted molar refractivity (Wildman–Crippen MR) is 93.6 cm³/mol. The van der Waals surface area contributed by atoms with Gasteiger partial charge in [-0.1, -0.05) is 35.9 Å². The van der Waals surface area contributed by atoms with Crippen LogP contribution < -0.4 is 10.6 Å². The van der Waals surface area contributed by atoms with Crippen molar-refractivity contribution in [3.8, 4) is 0 Å². The van der Waals surface area contributed by atoms with E-state index in [9.17, 15) is 0 Å². The summed E-state index contributed by atoms with van der Waals surface area (Å²) in [6.45, 7) is 3.81. The highest BCUT2D eigenvalue weighted by atomic mass is 35.5. The monoisotopic (exact) mass is 317 g/mol. The zero-order valence-corrected chi connectivity index (χ0v) is 13.9. The molecule has 1 aromatic carbocycles. The van der Waals surface area contributed by atoms with Crippen LogP contribution in [0.25, 0.3) is 0 Å². The number of aliphatic imine (C=N–C) groups is 1. The maximum absolute atomic E-state index is 6.14. The van der Waals surface area contributed by atoms with Gasteiger partial charge >= 0.3 is 0 Å². The minimum Gasteiger partial charge on any atom is -0.357 e. The number of halogens is 1. The van der Waals surface area contributed by atoms with Gasteiger partial charge in [0.2, 0.25) is 0 Å². The molecule has 0 radical (unpaired) electrons. The Balaban J connectivity index is 1.67. The number of benzene rings is 1. The Bertz CT molecular complexity index is 567. The topological polar surface area (TPSA) is 36.4 Å². The van der Waals surface area contributed by atoms with Crippen LogP contribution in [0.15, 0.2) is 41.4 Å². The molecular weight excluding hydrogens is 294 g/mol. The van der Waals surface area contributed by atoms with Crippen molar-refractivity contribution in [2.24, 2.45) is 4.99 Å². The van der Waals surface area contributed by atoms with Crippen LogP contribution in [-0.2, 0) is 5.41 Å². The third kappa shape index (κ3) is 3.64. The summed E-state index contributed by atoms with van der Waals surface area (Å²) >= 11 is 6.14. The largest absolute Gasteiger partial charge is 0.357 e. The molecule has 0 unspecified atom stereocenters. The molecule has 0 bridgehead atoms. The van der Waals surface area contributed by atoms with Crippen molar-refractivity contribution in [2.45, 2.75) is 44.1 Å². The first-order valence-electron chi connectivity index (χ1n) is 8.18. The zero-order valence-electron chi connectivity index (χ0n) is 13.1. The van der Waals surface area contributed by atoms with Crippen LogP contribution in [0.1, 0.15) is 38.2 Å². The smallest absolute Gasteiger partial charge is 0.191 e. The Morgan fingerprint density at radius 2 is 2.09 bits per heavy atom. The summed E-state index contributed by atoms with van der Waals surface area (Å²) in [5.41, 5.74) is 1.52. The van der Waals surface area contributed by atoms with E-state index < -0.39 is 0 Å². The zero-order chi connectivity index (χ0) is 15.4. The average molecular weight is 318 g/mol. The van der Waals surface area contributed by atoms with E-state index in [1.54, 1.807) is 0 Å². The fourth-order valence-corrected chi connectivity index (χ4v) is 3.18. The van der Waals surface area contributed by atoms with Gasteiger partial charge in [-0.15, -0.1) is 0 Å². The SMILES string of the molecule is CCNC(=NCC1(c2cccc(Cl)c2)CC1)NC1CC=CC1. The quantitative estimate of drug-likeness (QED) is 0.494. The second-order valence-corrected chi connectivity index (χ2v) is 6.71. The van der Waals surface area contributed by atoms with Gasteiger partial charge < -0.3 is 10.6 Å². The van der Waals surface area contributed by atoms with Gasteiger partial charge in [0.1, 0.15) is 0 Å². The van der Waals surface area contributed by atoms with Gasteiger partial charge in [0.15, 0.2) is 5.96 Å². The highest BCUT2D eigenvalue weighted by Gasteiger charge is 2.44. The van der Waals surface area contributed by atoms with Crippen molar-refractivity contribution in [2.75, 3.05) is 13.1 Å². The molecule has 4 heteroatoms. The molecule has 3 rings (SSSR count). The average Bonchev–Trinajstić information content (AvgIpc) is 3.14. The van der Waals surface area contributed by atoms with Crippen molar-refractivity contribution >= 4 is 17.6 Å². The van der Waals surface area contributed by atoms with Crippen LogP contribution in [0.3, 0.4) is 0 Å². The normalized spacial score (nSPS) is 20.2. The van der Waals surface area contributed by atoms with E-state index >= 15 is 0 Å². The lowest BCUT2D eigenvalue weighted by atomic mass is 9.96. The summed E-state index contributed by atoms with van der Waals surface area (Å²) in [5, 5.41) is 7.70. The van der Waals surface area contributed by atoms with Gasteiger partial charge in [-0.25, -0.2) is 0 Å². The standard InChI is InChI=1S/C18H24ClN3/c1-2-20-17(22-16-8-3-4-9-16)21-13-18(10-11-18)14-6-5-7-15(19)12-14/h3-7,12,16H,2,8-11,13H2,1H3,(H2,20,21,22). The Hall–Kier alpha value is -1.48. The van der Waals surface area contributed by atoms with E-state index in [0.29, 0.717) is 6.04 Å². The molecule has 2 aliphatic carbocycles. The molecule has 2 aliphatic rings. The highest BCUT2D eigenvalue weighted by molar-refractivity contribution is 6.30. The molecule has 1 aromatic rings. The van der Waals surface area contributed by atoms with E-state index in [1.165, 1.54) is 18.4 Å². The number of hydrogen-bond donors (Lipinski definition) is 2. The van der Waals surface area contributed by atoms with Crippen LogP contribution in [0.2, 0.25) is 5.02 Å². The van der Waals surface area contributed by atoms with E-state index in [2.05, 4.69) is 41.8 Å². The third-order valence-electron chi connectivity index (χ3n) is 4.52. The van der Waals surface area contributed by atoms with Crippen molar-refractivity contribution in [3.05, 3.63) is 47.0 Å². The first-order chi connectivity index (χ1) is 10.7. The molecule has 1 fully saturated rings. The van der Waals surface area contributed by atoms with Gasteiger partial charge in [0.05, 0.1) is 6.54 Å². The number of hydrogen-bond acceptors (Lipinski definition) is 1. The summed E-state index contributed by atoms with van der Waals surface area (Å²) in [6, 6.07) is 8.72. The van der Waals surface area contributed by atoms with Gasteiger partial charge in [-0.2, -0.15) is 0 Å². The Morgan fingerprint density at radius 3 is 2.73 bits per heavy atom. The van der Waals surface area contributed by atoms with Gasteiger partial charge in [-0.05, 0) is 50.3 Å². The van der Waals surface area contributed by atoms with Crippen molar-refractivity contribution in [1.82, 2.24) is 10.6 Å². The minimum atomic E-state index is 0.196. The lowest BCUT2D eigenvalue weighted by molar-refractivity contribution is 0.625. The van der Waals surface area contributed by atoms with Crippen molar-refractivity contribution < 1.29 is 0 Å². The fraction of sp³-hybridized carbons (Fsp3) is 0.500.